The Labute approximate surface area is 92.7 Å². The number of hydrogen-bond acceptors (Lipinski definition) is 3. The summed E-state index contributed by atoms with van der Waals surface area (Å²) in [6, 6.07) is 0.853. The van der Waals surface area contributed by atoms with E-state index in [1.165, 1.54) is 17.4 Å². The second-order valence-corrected chi connectivity index (χ2v) is 3.86. The Bertz CT molecular complexity index is 385. The van der Waals surface area contributed by atoms with Gasteiger partial charge < -0.3 is 14.4 Å². The third-order valence-electron chi connectivity index (χ3n) is 2.82. The quantitative estimate of drug-likeness (QED) is 0.821. The lowest BCUT2D eigenvalue weighted by molar-refractivity contribution is -0.143. The number of nitrogens with zero attached hydrogens (tertiary/aromatic N) is 1. The average Bonchev–Trinajstić information content (AvgIpc) is 2.81. The number of hydrogen-bond donors (Lipinski definition) is 1. The van der Waals surface area contributed by atoms with E-state index in [1.807, 2.05) is 0 Å². The van der Waals surface area contributed by atoms with Crippen LogP contribution in [0.4, 0.5) is 0 Å². The summed E-state index contributed by atoms with van der Waals surface area (Å²) in [6.07, 6.45) is 4.99. The van der Waals surface area contributed by atoms with Crippen LogP contribution in [0.1, 0.15) is 29.6 Å². The summed E-state index contributed by atoms with van der Waals surface area (Å²) < 4.78 is 4.83. The molecule has 1 aliphatic rings. The van der Waals surface area contributed by atoms with Crippen LogP contribution in [-0.2, 0) is 4.79 Å². The van der Waals surface area contributed by atoms with E-state index in [0.29, 0.717) is 18.5 Å². The molecule has 2 rings (SSSR count). The minimum atomic E-state index is -0.934. The van der Waals surface area contributed by atoms with Crippen molar-refractivity contribution in [2.45, 2.75) is 25.3 Å². The normalized spacial score (nSPS) is 20.8. The van der Waals surface area contributed by atoms with Crippen LogP contribution in [0.15, 0.2) is 23.0 Å². The van der Waals surface area contributed by atoms with E-state index in [4.69, 9.17) is 9.52 Å². The van der Waals surface area contributed by atoms with Gasteiger partial charge in [0.15, 0.2) is 0 Å². The molecule has 2 heterocycles. The highest BCUT2D eigenvalue weighted by Gasteiger charge is 2.32. The monoisotopic (exact) mass is 223 g/mol. The number of carboxylic acids is 1. The molecule has 5 nitrogen and oxygen atoms in total. The Morgan fingerprint density at radius 2 is 2.25 bits per heavy atom. The van der Waals surface area contributed by atoms with Gasteiger partial charge in [0.1, 0.15) is 12.3 Å². The summed E-state index contributed by atoms with van der Waals surface area (Å²) >= 11 is 0. The van der Waals surface area contributed by atoms with E-state index in [9.17, 15) is 9.59 Å². The van der Waals surface area contributed by atoms with Crippen LogP contribution in [0, 0.1) is 0 Å². The number of aliphatic carboxylic acids is 1. The van der Waals surface area contributed by atoms with E-state index in [-0.39, 0.29) is 5.91 Å². The number of carboxylic acid groups (broad SMARTS) is 1. The van der Waals surface area contributed by atoms with Crippen LogP contribution in [0.25, 0.3) is 0 Å². The molecule has 86 valence electrons. The molecule has 16 heavy (non-hydrogen) atoms. The highest BCUT2D eigenvalue weighted by molar-refractivity contribution is 5.96. The first-order valence-electron chi connectivity index (χ1n) is 5.26. The molecule has 1 amide bonds. The fourth-order valence-corrected chi connectivity index (χ4v) is 1.98. The fourth-order valence-electron chi connectivity index (χ4n) is 1.98. The molecule has 1 N–H and O–H groups in total. The highest BCUT2D eigenvalue weighted by atomic mass is 16.4. The number of rotatable bonds is 2. The van der Waals surface area contributed by atoms with Gasteiger partial charge in [-0.3, -0.25) is 4.79 Å². The summed E-state index contributed by atoms with van der Waals surface area (Å²) in [5.41, 5.74) is 0.410. The van der Waals surface area contributed by atoms with Crippen molar-refractivity contribution in [3.05, 3.63) is 24.2 Å². The van der Waals surface area contributed by atoms with Crippen LogP contribution in [-0.4, -0.2) is 34.5 Å². The van der Waals surface area contributed by atoms with Crippen molar-refractivity contribution in [2.24, 2.45) is 0 Å². The van der Waals surface area contributed by atoms with Gasteiger partial charge in [0.2, 0.25) is 0 Å². The van der Waals surface area contributed by atoms with Gasteiger partial charge in [0.05, 0.1) is 11.8 Å². The molecule has 1 fully saturated rings. The van der Waals surface area contributed by atoms with Gasteiger partial charge in [-0.25, -0.2) is 4.79 Å². The summed E-state index contributed by atoms with van der Waals surface area (Å²) in [4.78, 5) is 24.4. The number of carbonyl (C=O) groups is 2. The summed E-state index contributed by atoms with van der Waals surface area (Å²) in [5, 5.41) is 9.04. The Hall–Kier alpha value is -1.78. The molecule has 0 radical (unpaired) electrons. The van der Waals surface area contributed by atoms with Gasteiger partial charge >= 0.3 is 5.97 Å². The molecule has 0 saturated carbocycles. The Morgan fingerprint density at radius 3 is 2.88 bits per heavy atom. The van der Waals surface area contributed by atoms with E-state index < -0.39 is 12.0 Å². The maximum atomic E-state index is 12.0. The second kappa shape index (κ2) is 4.38. The molecule has 1 saturated heterocycles. The molecule has 0 aliphatic carbocycles. The Kier molecular flexibility index (Phi) is 2.94. The number of furan rings is 1. The molecule has 1 aliphatic heterocycles. The zero-order chi connectivity index (χ0) is 11.5. The first-order chi connectivity index (χ1) is 7.70. The Morgan fingerprint density at radius 1 is 1.44 bits per heavy atom. The van der Waals surface area contributed by atoms with Gasteiger partial charge in [-0.15, -0.1) is 0 Å². The van der Waals surface area contributed by atoms with Crippen LogP contribution in [0.3, 0.4) is 0 Å². The van der Waals surface area contributed by atoms with E-state index in [2.05, 4.69) is 0 Å². The predicted molar refractivity (Wildman–Crippen MR) is 55.0 cm³/mol. The van der Waals surface area contributed by atoms with Crippen LogP contribution in [0.2, 0.25) is 0 Å². The fraction of sp³-hybridized carbons (Fsp3) is 0.455. The SMILES string of the molecule is O=C(O)C1CCCCN1C(=O)c1ccoc1. The Balaban J connectivity index is 2.17. The summed E-state index contributed by atoms with van der Waals surface area (Å²) in [5.74, 6) is -1.20. The van der Waals surface area contributed by atoms with Crippen molar-refractivity contribution in [2.75, 3.05) is 6.54 Å². The molecule has 1 aromatic rings. The maximum absolute atomic E-state index is 12.0. The molecule has 5 heteroatoms. The topological polar surface area (TPSA) is 70.8 Å². The zero-order valence-corrected chi connectivity index (χ0v) is 8.76. The standard InChI is InChI=1S/C11H13NO4/c13-10(8-4-6-16-7-8)12-5-2-1-3-9(12)11(14)15/h4,6-7,9H,1-3,5H2,(H,14,15). The van der Waals surface area contributed by atoms with Crippen molar-refractivity contribution in [1.82, 2.24) is 4.90 Å². The number of likely N-dealkylation sites (tertiary alicyclic amines) is 1. The average molecular weight is 223 g/mol. The van der Waals surface area contributed by atoms with Gasteiger partial charge in [0.25, 0.3) is 5.91 Å². The van der Waals surface area contributed by atoms with Gasteiger partial charge in [-0.05, 0) is 25.3 Å². The third-order valence-corrected chi connectivity index (χ3v) is 2.82. The largest absolute Gasteiger partial charge is 0.480 e. The van der Waals surface area contributed by atoms with Crippen molar-refractivity contribution in [3.8, 4) is 0 Å². The van der Waals surface area contributed by atoms with Crippen molar-refractivity contribution in [1.29, 1.82) is 0 Å². The summed E-state index contributed by atoms with van der Waals surface area (Å²) in [7, 11) is 0. The first kappa shape index (κ1) is 10.7. The lowest BCUT2D eigenvalue weighted by Crippen LogP contribution is -2.47. The van der Waals surface area contributed by atoms with Crippen molar-refractivity contribution in [3.63, 3.8) is 0 Å². The molecule has 1 unspecified atom stereocenters. The number of amides is 1. The predicted octanol–water partition coefficient (Wildman–Crippen LogP) is 1.36. The third kappa shape index (κ3) is 1.93. The van der Waals surface area contributed by atoms with Crippen molar-refractivity contribution >= 4 is 11.9 Å². The van der Waals surface area contributed by atoms with Gasteiger partial charge in [0, 0.05) is 6.54 Å². The molecule has 0 spiro atoms. The molecule has 0 bridgehead atoms. The van der Waals surface area contributed by atoms with Crippen LogP contribution < -0.4 is 0 Å². The first-order valence-corrected chi connectivity index (χ1v) is 5.26. The maximum Gasteiger partial charge on any atom is 0.326 e. The summed E-state index contributed by atoms with van der Waals surface area (Å²) in [6.45, 7) is 0.501. The van der Waals surface area contributed by atoms with E-state index >= 15 is 0 Å². The lowest BCUT2D eigenvalue weighted by atomic mass is 10.0. The van der Waals surface area contributed by atoms with E-state index in [0.717, 1.165) is 12.8 Å². The minimum absolute atomic E-state index is 0.263. The molecular formula is C11H13NO4. The molecular weight excluding hydrogens is 210 g/mol. The minimum Gasteiger partial charge on any atom is -0.480 e. The molecule has 1 atom stereocenters. The molecule has 0 aromatic carbocycles. The number of piperidine rings is 1. The second-order valence-electron chi connectivity index (χ2n) is 3.86. The van der Waals surface area contributed by atoms with Crippen molar-refractivity contribution < 1.29 is 19.1 Å². The highest BCUT2D eigenvalue weighted by Crippen LogP contribution is 2.20. The smallest absolute Gasteiger partial charge is 0.326 e. The van der Waals surface area contributed by atoms with Crippen LogP contribution in [0.5, 0.6) is 0 Å². The lowest BCUT2D eigenvalue weighted by Gasteiger charge is -2.32. The number of carbonyl (C=O) groups excluding carboxylic acids is 1. The van der Waals surface area contributed by atoms with Gasteiger partial charge in [-0.2, -0.15) is 0 Å². The zero-order valence-electron chi connectivity index (χ0n) is 8.76. The van der Waals surface area contributed by atoms with Crippen LogP contribution >= 0.6 is 0 Å². The van der Waals surface area contributed by atoms with Gasteiger partial charge in [-0.1, -0.05) is 0 Å². The molecule has 1 aromatic heterocycles. The van der Waals surface area contributed by atoms with E-state index in [1.54, 1.807) is 6.07 Å².